The summed E-state index contributed by atoms with van der Waals surface area (Å²) in [6, 6.07) is 6.10. The molecule has 1 aromatic heterocycles. The Kier molecular flexibility index (Phi) is 3.44. The predicted molar refractivity (Wildman–Crippen MR) is 68.1 cm³/mol. The average molecular weight is 231 g/mol. The van der Waals surface area contributed by atoms with E-state index in [4.69, 9.17) is 4.74 Å². The van der Waals surface area contributed by atoms with Crippen LogP contribution in [0, 0.1) is 6.92 Å². The fourth-order valence-corrected chi connectivity index (χ4v) is 1.91. The summed E-state index contributed by atoms with van der Waals surface area (Å²) in [5.74, 6) is 0.902. The van der Waals surface area contributed by atoms with Crippen molar-refractivity contribution in [1.29, 1.82) is 0 Å². The molecular weight excluding hydrogens is 214 g/mol. The van der Waals surface area contributed by atoms with E-state index in [0.29, 0.717) is 0 Å². The first-order valence-corrected chi connectivity index (χ1v) is 5.58. The summed E-state index contributed by atoms with van der Waals surface area (Å²) in [5.41, 5.74) is 4.31. The number of benzene rings is 1. The number of aryl methyl sites for hydroxylation is 1. The second-order valence-corrected chi connectivity index (χ2v) is 3.94. The van der Waals surface area contributed by atoms with Gasteiger partial charge in [-0.15, -0.1) is 0 Å². The Labute approximate surface area is 101 Å². The minimum Gasteiger partial charge on any atom is -0.496 e. The first-order valence-electron chi connectivity index (χ1n) is 5.58. The molecule has 0 amide bonds. The van der Waals surface area contributed by atoms with Gasteiger partial charge < -0.3 is 15.0 Å². The number of hydrogen-bond acceptors (Lipinski definition) is 3. The molecule has 0 spiro atoms. The number of H-pyrrole nitrogens is 1. The number of imidazole rings is 1. The van der Waals surface area contributed by atoms with Crippen LogP contribution in [-0.4, -0.2) is 24.1 Å². The van der Waals surface area contributed by atoms with Crippen molar-refractivity contribution < 1.29 is 4.74 Å². The predicted octanol–water partition coefficient (Wildman–Crippen LogP) is 2.11. The average Bonchev–Trinajstić information content (AvgIpc) is 2.78. The quantitative estimate of drug-likeness (QED) is 0.847. The van der Waals surface area contributed by atoms with Crippen LogP contribution in [0.15, 0.2) is 24.5 Å². The first kappa shape index (κ1) is 11.7. The SMILES string of the molecule is CNCc1[nH]cnc1-c1ccc(OC)c(C)c1. The van der Waals surface area contributed by atoms with Gasteiger partial charge in [0.2, 0.25) is 0 Å². The normalized spacial score (nSPS) is 10.5. The summed E-state index contributed by atoms with van der Waals surface area (Å²) in [7, 11) is 3.60. The van der Waals surface area contributed by atoms with Crippen LogP contribution in [0.2, 0.25) is 0 Å². The molecule has 0 aliphatic heterocycles. The summed E-state index contributed by atoms with van der Waals surface area (Å²) in [6.07, 6.45) is 1.72. The van der Waals surface area contributed by atoms with Crippen LogP contribution in [0.1, 0.15) is 11.3 Å². The molecule has 4 nitrogen and oxygen atoms in total. The molecule has 0 aliphatic rings. The zero-order valence-electron chi connectivity index (χ0n) is 10.4. The highest BCUT2D eigenvalue weighted by Gasteiger charge is 2.09. The largest absolute Gasteiger partial charge is 0.496 e. The van der Waals surface area contributed by atoms with Crippen molar-refractivity contribution in [2.45, 2.75) is 13.5 Å². The summed E-state index contributed by atoms with van der Waals surface area (Å²) < 4.78 is 5.25. The Morgan fingerprint density at radius 1 is 1.41 bits per heavy atom. The first-order chi connectivity index (χ1) is 8.26. The Morgan fingerprint density at radius 2 is 2.24 bits per heavy atom. The Morgan fingerprint density at radius 3 is 2.88 bits per heavy atom. The molecule has 0 atom stereocenters. The van der Waals surface area contributed by atoms with Gasteiger partial charge in [-0.05, 0) is 37.7 Å². The highest BCUT2D eigenvalue weighted by atomic mass is 16.5. The van der Waals surface area contributed by atoms with E-state index in [0.717, 1.165) is 34.8 Å². The Hall–Kier alpha value is -1.81. The van der Waals surface area contributed by atoms with Gasteiger partial charge in [-0.25, -0.2) is 4.98 Å². The minimum atomic E-state index is 0.778. The van der Waals surface area contributed by atoms with Crippen LogP contribution >= 0.6 is 0 Å². The van der Waals surface area contributed by atoms with Crippen LogP contribution in [0.25, 0.3) is 11.3 Å². The van der Waals surface area contributed by atoms with Gasteiger partial charge in [0.15, 0.2) is 0 Å². The third-order valence-electron chi connectivity index (χ3n) is 2.74. The third-order valence-corrected chi connectivity index (χ3v) is 2.74. The lowest BCUT2D eigenvalue weighted by molar-refractivity contribution is 0.412. The van der Waals surface area contributed by atoms with Gasteiger partial charge in [0, 0.05) is 12.1 Å². The van der Waals surface area contributed by atoms with Gasteiger partial charge in [0.1, 0.15) is 5.75 Å². The van der Waals surface area contributed by atoms with Gasteiger partial charge in [0.25, 0.3) is 0 Å². The number of rotatable bonds is 4. The molecule has 0 saturated heterocycles. The van der Waals surface area contributed by atoms with Crippen LogP contribution in [0.5, 0.6) is 5.75 Å². The smallest absolute Gasteiger partial charge is 0.121 e. The van der Waals surface area contributed by atoms with Crippen molar-refractivity contribution in [2.75, 3.05) is 14.2 Å². The molecule has 2 aromatic rings. The molecule has 17 heavy (non-hydrogen) atoms. The summed E-state index contributed by atoms with van der Waals surface area (Å²) in [5, 5.41) is 3.12. The zero-order chi connectivity index (χ0) is 12.3. The molecule has 0 radical (unpaired) electrons. The van der Waals surface area contributed by atoms with Crippen LogP contribution in [0.4, 0.5) is 0 Å². The van der Waals surface area contributed by atoms with E-state index in [9.17, 15) is 0 Å². The molecule has 0 bridgehead atoms. The van der Waals surface area contributed by atoms with E-state index < -0.39 is 0 Å². The fraction of sp³-hybridized carbons (Fsp3) is 0.308. The maximum absolute atomic E-state index is 5.25. The van der Waals surface area contributed by atoms with Crippen molar-refractivity contribution in [3.63, 3.8) is 0 Å². The van der Waals surface area contributed by atoms with Crippen molar-refractivity contribution in [1.82, 2.24) is 15.3 Å². The van der Waals surface area contributed by atoms with Gasteiger partial charge in [0.05, 0.1) is 24.8 Å². The van der Waals surface area contributed by atoms with E-state index >= 15 is 0 Å². The third kappa shape index (κ3) is 2.31. The number of hydrogen-bond donors (Lipinski definition) is 2. The van der Waals surface area contributed by atoms with E-state index in [1.807, 2.05) is 26.1 Å². The number of nitrogens with one attached hydrogen (secondary N) is 2. The Bertz CT molecular complexity index is 505. The van der Waals surface area contributed by atoms with Gasteiger partial charge in [-0.2, -0.15) is 0 Å². The molecule has 0 fully saturated rings. The molecule has 0 aliphatic carbocycles. The molecule has 0 saturated carbocycles. The molecule has 1 heterocycles. The summed E-state index contributed by atoms with van der Waals surface area (Å²) in [6.45, 7) is 2.81. The number of methoxy groups -OCH3 is 1. The Balaban J connectivity index is 2.39. The van der Waals surface area contributed by atoms with Gasteiger partial charge >= 0.3 is 0 Å². The van der Waals surface area contributed by atoms with E-state index in [1.165, 1.54) is 0 Å². The second kappa shape index (κ2) is 5.01. The van der Waals surface area contributed by atoms with E-state index in [1.54, 1.807) is 13.4 Å². The maximum atomic E-state index is 5.25. The van der Waals surface area contributed by atoms with Crippen molar-refractivity contribution in [2.24, 2.45) is 0 Å². The highest BCUT2D eigenvalue weighted by Crippen LogP contribution is 2.26. The summed E-state index contributed by atoms with van der Waals surface area (Å²) in [4.78, 5) is 7.51. The lowest BCUT2D eigenvalue weighted by Gasteiger charge is -2.07. The molecule has 0 unspecified atom stereocenters. The van der Waals surface area contributed by atoms with Crippen LogP contribution < -0.4 is 10.1 Å². The van der Waals surface area contributed by atoms with Gasteiger partial charge in [-0.1, -0.05) is 0 Å². The van der Waals surface area contributed by atoms with Crippen molar-refractivity contribution in [3.05, 3.63) is 35.8 Å². The molecular formula is C13H17N3O. The highest BCUT2D eigenvalue weighted by molar-refractivity contribution is 5.64. The van der Waals surface area contributed by atoms with Gasteiger partial charge in [-0.3, -0.25) is 0 Å². The standard InChI is InChI=1S/C13H17N3O/c1-9-6-10(4-5-12(9)17-3)13-11(7-14-2)15-8-16-13/h4-6,8,14H,7H2,1-3H3,(H,15,16). The number of aromatic amines is 1. The van der Waals surface area contributed by atoms with Crippen molar-refractivity contribution in [3.8, 4) is 17.0 Å². The molecule has 4 heteroatoms. The number of ether oxygens (including phenoxy) is 1. The lowest BCUT2D eigenvalue weighted by atomic mass is 10.1. The molecule has 2 N–H and O–H groups in total. The molecule has 2 rings (SSSR count). The topological polar surface area (TPSA) is 49.9 Å². The van der Waals surface area contributed by atoms with Crippen LogP contribution in [0.3, 0.4) is 0 Å². The minimum absolute atomic E-state index is 0.778. The maximum Gasteiger partial charge on any atom is 0.121 e. The summed E-state index contributed by atoms with van der Waals surface area (Å²) >= 11 is 0. The molecule has 90 valence electrons. The lowest BCUT2D eigenvalue weighted by Crippen LogP contribution is -2.06. The number of aromatic nitrogens is 2. The van der Waals surface area contributed by atoms with E-state index in [-0.39, 0.29) is 0 Å². The second-order valence-electron chi connectivity index (χ2n) is 3.94. The molecule has 1 aromatic carbocycles. The monoisotopic (exact) mass is 231 g/mol. The van der Waals surface area contributed by atoms with E-state index in [2.05, 4.69) is 21.4 Å². The fourth-order valence-electron chi connectivity index (χ4n) is 1.91. The zero-order valence-corrected chi connectivity index (χ0v) is 10.4. The van der Waals surface area contributed by atoms with Crippen molar-refractivity contribution >= 4 is 0 Å². The van der Waals surface area contributed by atoms with Crippen LogP contribution in [-0.2, 0) is 6.54 Å². The number of nitrogens with zero attached hydrogens (tertiary/aromatic N) is 1.